The van der Waals surface area contributed by atoms with Gasteiger partial charge in [0.2, 0.25) is 11.8 Å². The molecule has 0 aliphatic rings. The van der Waals surface area contributed by atoms with Gasteiger partial charge in [0.1, 0.15) is 12.6 Å². The topological polar surface area (TPSA) is 86.8 Å². The molecule has 0 saturated heterocycles. The summed E-state index contributed by atoms with van der Waals surface area (Å²) >= 11 is 0. The molecule has 0 aliphatic heterocycles. The number of rotatable bonds is 12. The van der Waals surface area contributed by atoms with Gasteiger partial charge in [0.25, 0.3) is 10.0 Å². The van der Waals surface area contributed by atoms with Crippen LogP contribution >= 0.6 is 0 Å². The van der Waals surface area contributed by atoms with E-state index in [4.69, 9.17) is 0 Å². The van der Waals surface area contributed by atoms with Crippen molar-refractivity contribution in [1.29, 1.82) is 0 Å². The molecule has 3 rings (SSSR count). The third-order valence-electron chi connectivity index (χ3n) is 6.77. The number of anilines is 1. The van der Waals surface area contributed by atoms with Crippen LogP contribution in [0.25, 0.3) is 0 Å². The highest BCUT2D eigenvalue weighted by atomic mass is 32.2. The lowest BCUT2D eigenvalue weighted by Gasteiger charge is -2.34. The first-order valence-corrected chi connectivity index (χ1v) is 14.8. The number of benzene rings is 3. The molecule has 0 spiro atoms. The van der Waals surface area contributed by atoms with Gasteiger partial charge in [0.05, 0.1) is 10.6 Å². The van der Waals surface area contributed by atoms with Crippen molar-refractivity contribution >= 4 is 27.5 Å². The van der Waals surface area contributed by atoms with Gasteiger partial charge in [-0.1, -0.05) is 74.0 Å². The standard InChI is InChI=1S/C31H39N3O4S/c1-6-19-32-31(36)28(7-2)33(21-26-14-12-11-13-24(26)4)30(35)22-34(29-18-17-23(3)20-25(29)5)39(37,38)27-15-9-8-10-16-27/h8-18,20,28H,6-7,19,21-22H2,1-5H3,(H,32,36). The van der Waals surface area contributed by atoms with Gasteiger partial charge in [0, 0.05) is 13.1 Å². The largest absolute Gasteiger partial charge is 0.354 e. The minimum Gasteiger partial charge on any atom is -0.354 e. The lowest BCUT2D eigenvalue weighted by molar-refractivity contribution is -0.140. The third kappa shape index (κ3) is 7.26. The molecule has 0 fully saturated rings. The Balaban J connectivity index is 2.08. The van der Waals surface area contributed by atoms with Crippen LogP contribution < -0.4 is 9.62 Å². The van der Waals surface area contributed by atoms with Crippen molar-refractivity contribution in [2.45, 2.75) is 64.9 Å². The third-order valence-corrected chi connectivity index (χ3v) is 8.54. The molecule has 7 nitrogen and oxygen atoms in total. The van der Waals surface area contributed by atoms with Crippen LogP contribution in [0.2, 0.25) is 0 Å². The summed E-state index contributed by atoms with van der Waals surface area (Å²) in [5.74, 6) is -0.693. The number of nitrogens with zero attached hydrogens (tertiary/aromatic N) is 2. The average Bonchev–Trinajstić information content (AvgIpc) is 2.92. The molecule has 3 aromatic carbocycles. The zero-order valence-electron chi connectivity index (χ0n) is 23.5. The molecule has 1 unspecified atom stereocenters. The number of hydrogen-bond acceptors (Lipinski definition) is 4. The molecule has 1 atom stereocenters. The van der Waals surface area contributed by atoms with E-state index >= 15 is 0 Å². The fourth-order valence-electron chi connectivity index (χ4n) is 4.57. The fraction of sp³-hybridized carbons (Fsp3) is 0.355. The Labute approximate surface area is 232 Å². The first-order chi connectivity index (χ1) is 18.6. The van der Waals surface area contributed by atoms with E-state index in [0.717, 1.165) is 28.7 Å². The summed E-state index contributed by atoms with van der Waals surface area (Å²) in [7, 11) is -4.08. The van der Waals surface area contributed by atoms with Crippen LogP contribution in [0.3, 0.4) is 0 Å². The van der Waals surface area contributed by atoms with Gasteiger partial charge in [-0.3, -0.25) is 13.9 Å². The SMILES string of the molecule is CCCNC(=O)C(CC)N(Cc1ccccc1C)C(=O)CN(c1ccc(C)cc1C)S(=O)(=O)c1ccccc1. The van der Waals surface area contributed by atoms with Crippen molar-refractivity contribution in [3.63, 3.8) is 0 Å². The number of hydrogen-bond donors (Lipinski definition) is 1. The molecule has 8 heteroatoms. The van der Waals surface area contributed by atoms with Crippen LogP contribution in [0.5, 0.6) is 0 Å². The van der Waals surface area contributed by atoms with Gasteiger partial charge in [-0.05, 0) is 68.5 Å². The summed E-state index contributed by atoms with van der Waals surface area (Å²) in [6, 6.07) is 20.5. The Kier molecular flexibility index (Phi) is 10.3. The lowest BCUT2D eigenvalue weighted by Crippen LogP contribution is -2.52. The number of carbonyl (C=O) groups is 2. The minimum absolute atomic E-state index is 0.0935. The molecular formula is C31H39N3O4S. The lowest BCUT2D eigenvalue weighted by atomic mass is 10.1. The maximum atomic E-state index is 14.1. The number of sulfonamides is 1. The van der Waals surface area contributed by atoms with Crippen LogP contribution in [0.1, 0.15) is 48.9 Å². The summed E-state index contributed by atoms with van der Waals surface area (Å²) in [5, 5.41) is 2.91. The molecule has 2 amide bonds. The highest BCUT2D eigenvalue weighted by Crippen LogP contribution is 2.28. The summed E-state index contributed by atoms with van der Waals surface area (Å²) in [6.45, 7) is 9.79. The first-order valence-electron chi connectivity index (χ1n) is 13.4. The fourth-order valence-corrected chi connectivity index (χ4v) is 6.07. The monoisotopic (exact) mass is 549 g/mol. The molecule has 1 N–H and O–H groups in total. The molecule has 0 saturated carbocycles. The average molecular weight is 550 g/mol. The minimum atomic E-state index is -4.08. The smallest absolute Gasteiger partial charge is 0.264 e. The second-order valence-electron chi connectivity index (χ2n) is 9.78. The van der Waals surface area contributed by atoms with Crippen molar-refractivity contribution in [2.24, 2.45) is 0 Å². The predicted molar refractivity (Wildman–Crippen MR) is 156 cm³/mol. The van der Waals surface area contributed by atoms with Crippen molar-refractivity contribution in [3.05, 3.63) is 95.1 Å². The second-order valence-corrected chi connectivity index (χ2v) is 11.6. The van der Waals surface area contributed by atoms with Crippen LogP contribution in [-0.4, -0.2) is 44.3 Å². The molecule has 0 aromatic heterocycles. The highest BCUT2D eigenvalue weighted by Gasteiger charge is 2.34. The summed E-state index contributed by atoms with van der Waals surface area (Å²) < 4.78 is 29.0. The van der Waals surface area contributed by atoms with Crippen LogP contribution in [0, 0.1) is 20.8 Å². The highest BCUT2D eigenvalue weighted by molar-refractivity contribution is 7.92. The van der Waals surface area contributed by atoms with E-state index in [1.54, 1.807) is 24.3 Å². The van der Waals surface area contributed by atoms with E-state index in [2.05, 4.69) is 5.32 Å². The molecular weight excluding hydrogens is 510 g/mol. The van der Waals surface area contributed by atoms with Crippen LogP contribution in [0.15, 0.2) is 77.7 Å². The van der Waals surface area contributed by atoms with Gasteiger partial charge in [0.15, 0.2) is 0 Å². The Hall–Kier alpha value is -3.65. The van der Waals surface area contributed by atoms with Gasteiger partial charge in [-0.25, -0.2) is 8.42 Å². The molecule has 208 valence electrons. The molecule has 0 radical (unpaired) electrons. The molecule has 39 heavy (non-hydrogen) atoms. The summed E-state index contributed by atoms with van der Waals surface area (Å²) in [4.78, 5) is 28.9. The van der Waals surface area contributed by atoms with Gasteiger partial charge in [-0.2, -0.15) is 0 Å². The van der Waals surface area contributed by atoms with Gasteiger partial charge < -0.3 is 10.2 Å². The Morgan fingerprint density at radius 3 is 2.15 bits per heavy atom. The van der Waals surface area contributed by atoms with Crippen molar-refractivity contribution in [3.8, 4) is 0 Å². The number of carbonyl (C=O) groups excluding carboxylic acids is 2. The number of amides is 2. The quantitative estimate of drug-likeness (QED) is 0.339. The Bertz CT molecular complexity index is 1390. The Morgan fingerprint density at radius 2 is 1.54 bits per heavy atom. The van der Waals surface area contributed by atoms with Crippen molar-refractivity contribution < 1.29 is 18.0 Å². The van der Waals surface area contributed by atoms with Crippen molar-refractivity contribution in [1.82, 2.24) is 10.2 Å². The van der Waals surface area contributed by atoms with E-state index in [1.807, 2.05) is 71.0 Å². The van der Waals surface area contributed by atoms with Gasteiger partial charge in [-0.15, -0.1) is 0 Å². The zero-order valence-corrected chi connectivity index (χ0v) is 24.3. The zero-order chi connectivity index (χ0) is 28.6. The molecule has 0 aliphatic carbocycles. The van der Waals surface area contributed by atoms with Crippen LogP contribution in [-0.2, 0) is 26.2 Å². The van der Waals surface area contributed by atoms with Gasteiger partial charge >= 0.3 is 0 Å². The second kappa shape index (κ2) is 13.4. The summed E-state index contributed by atoms with van der Waals surface area (Å²) in [6.07, 6.45) is 1.16. The predicted octanol–water partition coefficient (Wildman–Crippen LogP) is 5.14. The first kappa shape index (κ1) is 29.9. The van der Waals surface area contributed by atoms with E-state index in [0.29, 0.717) is 18.7 Å². The van der Waals surface area contributed by atoms with E-state index in [1.165, 1.54) is 21.3 Å². The van der Waals surface area contributed by atoms with E-state index < -0.39 is 28.5 Å². The normalized spacial score (nSPS) is 12.0. The van der Waals surface area contributed by atoms with E-state index in [9.17, 15) is 18.0 Å². The van der Waals surface area contributed by atoms with Crippen LogP contribution in [0.4, 0.5) is 5.69 Å². The number of aryl methyl sites for hydroxylation is 3. The Morgan fingerprint density at radius 1 is 0.872 bits per heavy atom. The van der Waals surface area contributed by atoms with Crippen molar-refractivity contribution in [2.75, 3.05) is 17.4 Å². The summed E-state index contributed by atoms with van der Waals surface area (Å²) in [5.41, 5.74) is 4.04. The molecule has 0 heterocycles. The number of nitrogens with one attached hydrogen (secondary N) is 1. The van der Waals surface area contributed by atoms with E-state index in [-0.39, 0.29) is 17.3 Å². The maximum Gasteiger partial charge on any atom is 0.264 e. The molecule has 0 bridgehead atoms. The molecule has 3 aromatic rings. The maximum absolute atomic E-state index is 14.1.